The highest BCUT2D eigenvalue weighted by molar-refractivity contribution is 6.03. The van der Waals surface area contributed by atoms with Crippen LogP contribution in [-0.2, 0) is 6.42 Å². The lowest BCUT2D eigenvalue weighted by atomic mass is 9.90. The van der Waals surface area contributed by atoms with Gasteiger partial charge in [-0.2, -0.15) is 5.26 Å². The molecule has 30 heavy (non-hydrogen) atoms. The Morgan fingerprint density at radius 2 is 1.90 bits per heavy atom. The van der Waals surface area contributed by atoms with E-state index < -0.39 is 0 Å². The first-order valence-electron chi connectivity index (χ1n) is 10.1. The molecule has 0 unspecified atom stereocenters. The Balaban J connectivity index is 1.37. The summed E-state index contributed by atoms with van der Waals surface area (Å²) in [5, 5.41) is 11.8. The summed E-state index contributed by atoms with van der Waals surface area (Å²) in [5.74, 6) is 0.932. The molecular formula is C24H23N5O. The second-order valence-electron chi connectivity index (χ2n) is 7.51. The zero-order valence-electron chi connectivity index (χ0n) is 16.7. The van der Waals surface area contributed by atoms with E-state index in [0.29, 0.717) is 28.8 Å². The second kappa shape index (κ2) is 9.19. The van der Waals surface area contributed by atoms with Crippen LogP contribution in [0.15, 0.2) is 66.9 Å². The first-order chi connectivity index (χ1) is 14.7. The van der Waals surface area contributed by atoms with Crippen LogP contribution in [0, 0.1) is 17.2 Å². The van der Waals surface area contributed by atoms with Gasteiger partial charge in [0, 0.05) is 25.0 Å². The Bertz CT molecular complexity index is 1050. The molecule has 4 rings (SSSR count). The quantitative estimate of drug-likeness (QED) is 0.702. The van der Waals surface area contributed by atoms with Gasteiger partial charge in [-0.25, -0.2) is 9.97 Å². The van der Waals surface area contributed by atoms with Crippen molar-refractivity contribution in [3.63, 3.8) is 0 Å². The van der Waals surface area contributed by atoms with Gasteiger partial charge in [0.1, 0.15) is 5.69 Å². The van der Waals surface area contributed by atoms with Crippen molar-refractivity contribution in [2.45, 2.75) is 19.3 Å². The molecule has 1 N–H and O–H groups in total. The fourth-order valence-corrected chi connectivity index (χ4v) is 3.77. The van der Waals surface area contributed by atoms with Gasteiger partial charge in [0.15, 0.2) is 0 Å². The van der Waals surface area contributed by atoms with Crippen molar-refractivity contribution < 1.29 is 4.79 Å². The number of aromatic nitrogens is 2. The summed E-state index contributed by atoms with van der Waals surface area (Å²) in [6, 6.07) is 21.1. The number of carbonyl (C=O) groups is 1. The lowest BCUT2D eigenvalue weighted by Gasteiger charge is -2.32. The molecule has 0 atom stereocenters. The predicted octanol–water partition coefficient (Wildman–Crippen LogP) is 4.06. The molecule has 0 aliphatic carbocycles. The van der Waals surface area contributed by atoms with Crippen LogP contribution in [0.1, 0.15) is 34.5 Å². The smallest absolute Gasteiger partial charge is 0.274 e. The fraction of sp³-hybridized carbons (Fsp3) is 0.250. The maximum absolute atomic E-state index is 12.6. The zero-order valence-corrected chi connectivity index (χ0v) is 16.7. The monoisotopic (exact) mass is 397 g/mol. The molecule has 0 saturated carbocycles. The summed E-state index contributed by atoms with van der Waals surface area (Å²) in [7, 11) is 0. The average Bonchev–Trinajstić information content (AvgIpc) is 2.80. The van der Waals surface area contributed by atoms with Crippen molar-refractivity contribution in [1.29, 1.82) is 5.26 Å². The van der Waals surface area contributed by atoms with E-state index in [1.165, 1.54) is 5.56 Å². The topological polar surface area (TPSA) is 81.9 Å². The maximum Gasteiger partial charge on any atom is 0.274 e. The average molecular weight is 397 g/mol. The number of nitrogens with zero attached hydrogens (tertiary/aromatic N) is 4. The fourth-order valence-electron chi connectivity index (χ4n) is 3.77. The van der Waals surface area contributed by atoms with E-state index in [1.54, 1.807) is 36.5 Å². The van der Waals surface area contributed by atoms with Gasteiger partial charge in [0.25, 0.3) is 5.91 Å². The molecule has 2 aromatic carbocycles. The molecule has 1 saturated heterocycles. The van der Waals surface area contributed by atoms with Gasteiger partial charge < -0.3 is 10.2 Å². The van der Waals surface area contributed by atoms with Crippen LogP contribution >= 0.6 is 0 Å². The van der Waals surface area contributed by atoms with Crippen molar-refractivity contribution in [3.8, 4) is 6.07 Å². The largest absolute Gasteiger partial charge is 0.341 e. The van der Waals surface area contributed by atoms with Gasteiger partial charge in [-0.05, 0) is 55.0 Å². The molecule has 2 heterocycles. The standard InChI is InChI=1S/C24H23N5O/c25-17-20-7-4-8-21(16-20)27-23(30)22-9-12-26-24(28-22)29-13-10-19(11-14-29)15-18-5-2-1-3-6-18/h1-9,12,16,19H,10-11,13-15H2,(H,27,30). The van der Waals surface area contributed by atoms with Gasteiger partial charge in [-0.15, -0.1) is 0 Å². The molecule has 1 aliphatic rings. The number of hydrogen-bond donors (Lipinski definition) is 1. The molecule has 0 radical (unpaired) electrons. The molecule has 1 amide bonds. The molecule has 150 valence electrons. The molecule has 0 bridgehead atoms. The highest BCUT2D eigenvalue weighted by atomic mass is 16.1. The first-order valence-corrected chi connectivity index (χ1v) is 10.1. The highest BCUT2D eigenvalue weighted by Crippen LogP contribution is 2.24. The minimum Gasteiger partial charge on any atom is -0.341 e. The number of amides is 1. The number of benzene rings is 2. The van der Waals surface area contributed by atoms with E-state index >= 15 is 0 Å². The van der Waals surface area contributed by atoms with Gasteiger partial charge in [-0.1, -0.05) is 36.4 Å². The number of hydrogen-bond acceptors (Lipinski definition) is 5. The van der Waals surface area contributed by atoms with Crippen molar-refractivity contribution in [3.05, 3.63) is 83.7 Å². The summed E-state index contributed by atoms with van der Waals surface area (Å²) >= 11 is 0. The number of anilines is 2. The van der Waals surface area contributed by atoms with Crippen LogP contribution in [0.5, 0.6) is 0 Å². The van der Waals surface area contributed by atoms with Crippen LogP contribution < -0.4 is 10.2 Å². The van der Waals surface area contributed by atoms with Gasteiger partial charge in [0.05, 0.1) is 11.6 Å². The third-order valence-corrected chi connectivity index (χ3v) is 5.39. The predicted molar refractivity (Wildman–Crippen MR) is 116 cm³/mol. The number of nitriles is 1. The minimum atomic E-state index is -0.312. The first kappa shape index (κ1) is 19.6. The number of piperidine rings is 1. The summed E-state index contributed by atoms with van der Waals surface area (Å²) in [6.45, 7) is 1.76. The van der Waals surface area contributed by atoms with Crippen LogP contribution in [0.25, 0.3) is 0 Å². The Labute approximate surface area is 176 Å². The van der Waals surface area contributed by atoms with Crippen LogP contribution in [0.4, 0.5) is 11.6 Å². The summed E-state index contributed by atoms with van der Waals surface area (Å²) < 4.78 is 0. The third kappa shape index (κ3) is 4.81. The number of carbonyl (C=O) groups excluding carboxylic acids is 1. The Morgan fingerprint density at radius 1 is 1.10 bits per heavy atom. The summed E-state index contributed by atoms with van der Waals surface area (Å²) in [4.78, 5) is 23.6. The summed E-state index contributed by atoms with van der Waals surface area (Å²) in [6.07, 6.45) is 4.88. The van der Waals surface area contributed by atoms with Gasteiger partial charge in [0.2, 0.25) is 5.95 Å². The third-order valence-electron chi connectivity index (χ3n) is 5.39. The number of nitrogens with one attached hydrogen (secondary N) is 1. The highest BCUT2D eigenvalue weighted by Gasteiger charge is 2.22. The normalized spacial score (nSPS) is 14.2. The van der Waals surface area contributed by atoms with E-state index in [-0.39, 0.29) is 5.91 Å². The molecule has 1 aliphatic heterocycles. The Hall–Kier alpha value is -3.72. The van der Waals surface area contributed by atoms with Crippen LogP contribution in [0.3, 0.4) is 0 Å². The molecular weight excluding hydrogens is 374 g/mol. The van der Waals surface area contributed by atoms with E-state index in [0.717, 1.165) is 32.4 Å². The molecule has 6 heteroatoms. The Kier molecular flexibility index (Phi) is 6.00. The molecule has 1 aromatic heterocycles. The molecule has 6 nitrogen and oxygen atoms in total. The van der Waals surface area contributed by atoms with Crippen molar-refractivity contribution in [2.75, 3.05) is 23.3 Å². The van der Waals surface area contributed by atoms with Crippen molar-refractivity contribution in [1.82, 2.24) is 9.97 Å². The molecule has 0 spiro atoms. The summed E-state index contributed by atoms with van der Waals surface area (Å²) in [5.41, 5.74) is 2.76. The van der Waals surface area contributed by atoms with Crippen LogP contribution in [0.2, 0.25) is 0 Å². The second-order valence-corrected chi connectivity index (χ2v) is 7.51. The van der Waals surface area contributed by atoms with E-state index in [1.807, 2.05) is 6.07 Å². The maximum atomic E-state index is 12.6. The van der Waals surface area contributed by atoms with E-state index in [2.05, 4.69) is 50.5 Å². The lowest BCUT2D eigenvalue weighted by Crippen LogP contribution is -2.35. The Morgan fingerprint density at radius 3 is 2.67 bits per heavy atom. The van der Waals surface area contributed by atoms with E-state index in [9.17, 15) is 4.79 Å². The van der Waals surface area contributed by atoms with E-state index in [4.69, 9.17) is 5.26 Å². The zero-order chi connectivity index (χ0) is 20.8. The molecule has 1 fully saturated rings. The lowest BCUT2D eigenvalue weighted by molar-refractivity contribution is 0.102. The van der Waals surface area contributed by atoms with Gasteiger partial charge in [-0.3, -0.25) is 4.79 Å². The number of rotatable bonds is 5. The van der Waals surface area contributed by atoms with Gasteiger partial charge >= 0.3 is 0 Å². The molecule has 3 aromatic rings. The SMILES string of the molecule is N#Cc1cccc(NC(=O)c2ccnc(N3CCC(Cc4ccccc4)CC3)n2)c1. The van der Waals surface area contributed by atoms with Crippen LogP contribution in [-0.4, -0.2) is 29.0 Å². The van der Waals surface area contributed by atoms with Crippen molar-refractivity contribution in [2.24, 2.45) is 5.92 Å². The van der Waals surface area contributed by atoms with Crippen molar-refractivity contribution >= 4 is 17.5 Å². The minimum absolute atomic E-state index is 0.312.